The van der Waals surface area contributed by atoms with E-state index in [4.69, 9.17) is 4.74 Å². The predicted molar refractivity (Wildman–Crippen MR) is 63.4 cm³/mol. The molecule has 5 nitrogen and oxygen atoms in total. The van der Waals surface area contributed by atoms with Gasteiger partial charge in [-0.3, -0.25) is 0 Å². The minimum Gasteiger partial charge on any atom is -0.378 e. The van der Waals surface area contributed by atoms with Crippen molar-refractivity contribution >= 4 is 0 Å². The normalized spacial score (nSPS) is 20.4. The zero-order chi connectivity index (χ0) is 11.5. The largest absolute Gasteiger partial charge is 0.378 e. The third-order valence-corrected chi connectivity index (χ3v) is 2.78. The summed E-state index contributed by atoms with van der Waals surface area (Å²) in [6, 6.07) is 5.95. The van der Waals surface area contributed by atoms with Gasteiger partial charge in [0.2, 0.25) is 0 Å². The molecule has 0 spiro atoms. The lowest BCUT2D eigenvalue weighted by molar-refractivity contribution is 0.0742. The van der Waals surface area contributed by atoms with Crippen molar-refractivity contribution in [1.29, 1.82) is 0 Å². The molecule has 0 saturated carbocycles. The van der Waals surface area contributed by atoms with Crippen molar-refractivity contribution < 1.29 is 4.74 Å². The first-order valence-electron chi connectivity index (χ1n) is 5.71. The molecular formula is C12H14N4O. The molecule has 0 radical (unpaired) electrons. The number of H-pyrrole nitrogens is 1. The summed E-state index contributed by atoms with van der Waals surface area (Å²) in [7, 11) is 0. The average Bonchev–Trinajstić information content (AvgIpc) is 2.94. The van der Waals surface area contributed by atoms with Crippen LogP contribution < -0.4 is 5.32 Å². The van der Waals surface area contributed by atoms with Crippen LogP contribution in [0.2, 0.25) is 0 Å². The van der Waals surface area contributed by atoms with Crippen molar-refractivity contribution in [3.63, 3.8) is 0 Å². The first kappa shape index (κ1) is 10.4. The van der Waals surface area contributed by atoms with Crippen LogP contribution in [0, 0.1) is 0 Å². The summed E-state index contributed by atoms with van der Waals surface area (Å²) in [5, 5.41) is 3.35. The molecule has 5 heteroatoms. The van der Waals surface area contributed by atoms with Crippen LogP contribution in [0.5, 0.6) is 0 Å². The van der Waals surface area contributed by atoms with Gasteiger partial charge in [0.25, 0.3) is 0 Å². The number of nitrogens with zero attached hydrogens (tertiary/aromatic N) is 2. The van der Waals surface area contributed by atoms with Crippen LogP contribution >= 0.6 is 0 Å². The van der Waals surface area contributed by atoms with Gasteiger partial charge in [-0.05, 0) is 18.2 Å². The van der Waals surface area contributed by atoms with Crippen molar-refractivity contribution in [1.82, 2.24) is 20.3 Å². The monoisotopic (exact) mass is 230 g/mol. The molecule has 3 heterocycles. The second-order valence-electron chi connectivity index (χ2n) is 3.97. The third-order valence-electron chi connectivity index (χ3n) is 2.78. The van der Waals surface area contributed by atoms with Crippen LogP contribution in [0.25, 0.3) is 11.4 Å². The van der Waals surface area contributed by atoms with Gasteiger partial charge in [0.15, 0.2) is 0 Å². The van der Waals surface area contributed by atoms with Crippen LogP contribution in [0.3, 0.4) is 0 Å². The number of ether oxygens (including phenoxy) is 1. The highest BCUT2D eigenvalue weighted by molar-refractivity contribution is 5.53. The van der Waals surface area contributed by atoms with Gasteiger partial charge in [-0.1, -0.05) is 0 Å². The summed E-state index contributed by atoms with van der Waals surface area (Å²) in [5.74, 6) is 0.789. The number of aromatic amines is 1. The molecule has 2 N–H and O–H groups in total. The Hall–Kier alpha value is -1.72. The van der Waals surface area contributed by atoms with Crippen LogP contribution in [0.15, 0.2) is 30.6 Å². The fourth-order valence-corrected chi connectivity index (χ4v) is 1.91. The molecule has 1 fully saturated rings. The first-order chi connectivity index (χ1) is 8.43. The Morgan fingerprint density at radius 3 is 3.12 bits per heavy atom. The van der Waals surface area contributed by atoms with Crippen LogP contribution in [-0.4, -0.2) is 34.7 Å². The Morgan fingerprint density at radius 1 is 1.35 bits per heavy atom. The highest BCUT2D eigenvalue weighted by Crippen LogP contribution is 2.17. The van der Waals surface area contributed by atoms with Crippen molar-refractivity contribution in [2.45, 2.75) is 6.04 Å². The molecule has 17 heavy (non-hydrogen) atoms. The Balaban J connectivity index is 1.88. The number of hydrogen-bond acceptors (Lipinski definition) is 4. The fraction of sp³-hybridized carbons (Fsp3) is 0.333. The maximum Gasteiger partial charge on any atom is 0.148 e. The molecule has 1 aliphatic rings. The highest BCUT2D eigenvalue weighted by Gasteiger charge is 2.18. The fourth-order valence-electron chi connectivity index (χ4n) is 1.91. The molecule has 0 bridgehead atoms. The Bertz CT molecular complexity index is 477. The molecular weight excluding hydrogens is 216 g/mol. The van der Waals surface area contributed by atoms with Crippen molar-refractivity contribution in [3.8, 4) is 11.4 Å². The number of aromatic nitrogens is 3. The van der Waals surface area contributed by atoms with Crippen LogP contribution in [0.1, 0.15) is 11.9 Å². The van der Waals surface area contributed by atoms with E-state index in [-0.39, 0.29) is 6.04 Å². The Kier molecular flexibility index (Phi) is 2.85. The molecule has 0 aromatic carbocycles. The Morgan fingerprint density at radius 2 is 2.35 bits per heavy atom. The van der Waals surface area contributed by atoms with E-state index in [9.17, 15) is 0 Å². The molecule has 1 atom stereocenters. The lowest BCUT2D eigenvalue weighted by atomic mass is 10.2. The topological polar surface area (TPSA) is 62.8 Å². The van der Waals surface area contributed by atoms with Gasteiger partial charge in [0, 0.05) is 18.9 Å². The lowest BCUT2D eigenvalue weighted by Crippen LogP contribution is -2.35. The molecule has 2 aromatic heterocycles. The molecule has 0 aliphatic carbocycles. The SMILES string of the molecule is c1c[nH]c(-c2ccnc(C3COCCN3)n2)c1. The first-order valence-corrected chi connectivity index (χ1v) is 5.71. The van der Waals surface area contributed by atoms with Gasteiger partial charge >= 0.3 is 0 Å². The zero-order valence-electron chi connectivity index (χ0n) is 9.39. The minimum atomic E-state index is 0.0960. The number of nitrogens with one attached hydrogen (secondary N) is 2. The predicted octanol–water partition coefficient (Wildman–Crippen LogP) is 1.13. The second kappa shape index (κ2) is 4.65. The molecule has 1 saturated heterocycles. The molecule has 1 unspecified atom stereocenters. The van der Waals surface area contributed by atoms with E-state index >= 15 is 0 Å². The van der Waals surface area contributed by atoms with Gasteiger partial charge in [-0.25, -0.2) is 9.97 Å². The van der Waals surface area contributed by atoms with Crippen molar-refractivity contribution in [2.75, 3.05) is 19.8 Å². The van der Waals surface area contributed by atoms with Gasteiger partial charge in [-0.15, -0.1) is 0 Å². The molecule has 2 aromatic rings. The van der Waals surface area contributed by atoms with E-state index in [0.29, 0.717) is 6.61 Å². The number of morpholine rings is 1. The zero-order valence-corrected chi connectivity index (χ0v) is 9.39. The van der Waals surface area contributed by atoms with Crippen molar-refractivity contribution in [2.24, 2.45) is 0 Å². The van der Waals surface area contributed by atoms with E-state index in [2.05, 4.69) is 20.3 Å². The average molecular weight is 230 g/mol. The third kappa shape index (κ3) is 2.20. The van der Waals surface area contributed by atoms with E-state index < -0.39 is 0 Å². The summed E-state index contributed by atoms with van der Waals surface area (Å²) < 4.78 is 5.42. The van der Waals surface area contributed by atoms with Gasteiger partial charge in [0.1, 0.15) is 5.82 Å². The highest BCUT2D eigenvalue weighted by atomic mass is 16.5. The summed E-state index contributed by atoms with van der Waals surface area (Å²) in [5.41, 5.74) is 1.91. The number of hydrogen-bond donors (Lipinski definition) is 2. The Labute approximate surface area is 99.3 Å². The quantitative estimate of drug-likeness (QED) is 0.812. The van der Waals surface area contributed by atoms with Gasteiger partial charge in [0.05, 0.1) is 30.6 Å². The van der Waals surface area contributed by atoms with Crippen molar-refractivity contribution in [3.05, 3.63) is 36.4 Å². The van der Waals surface area contributed by atoms with Crippen LogP contribution in [0.4, 0.5) is 0 Å². The van der Waals surface area contributed by atoms with E-state index in [1.54, 1.807) is 6.20 Å². The summed E-state index contributed by atoms with van der Waals surface area (Å²) in [4.78, 5) is 12.0. The molecule has 3 rings (SSSR count). The second-order valence-corrected chi connectivity index (χ2v) is 3.97. The lowest BCUT2D eigenvalue weighted by Gasteiger charge is -2.22. The summed E-state index contributed by atoms with van der Waals surface area (Å²) >= 11 is 0. The van der Waals surface area contributed by atoms with Gasteiger partial charge < -0.3 is 15.0 Å². The van der Waals surface area contributed by atoms with E-state index in [1.165, 1.54) is 0 Å². The maximum atomic E-state index is 5.42. The minimum absolute atomic E-state index is 0.0960. The maximum absolute atomic E-state index is 5.42. The molecule has 88 valence electrons. The molecule has 0 amide bonds. The summed E-state index contributed by atoms with van der Waals surface area (Å²) in [6.07, 6.45) is 3.67. The smallest absolute Gasteiger partial charge is 0.148 e. The van der Waals surface area contributed by atoms with E-state index in [0.717, 1.165) is 30.4 Å². The van der Waals surface area contributed by atoms with E-state index in [1.807, 2.05) is 24.4 Å². The standard InChI is InChI=1S/C12H14N4O/c1-2-9(13-4-1)10-3-5-15-12(16-10)11-8-17-7-6-14-11/h1-5,11,13-14H,6-8H2. The molecule has 1 aliphatic heterocycles. The van der Waals surface area contributed by atoms with Crippen LogP contribution in [-0.2, 0) is 4.74 Å². The summed E-state index contributed by atoms with van der Waals surface area (Å²) in [6.45, 7) is 2.24. The van der Waals surface area contributed by atoms with Gasteiger partial charge in [-0.2, -0.15) is 0 Å². The number of rotatable bonds is 2.